The Morgan fingerprint density at radius 2 is 1.83 bits per heavy atom. The van der Waals surface area contributed by atoms with Gasteiger partial charge in [0.05, 0.1) is 0 Å². The first kappa shape index (κ1) is 15.0. The molecule has 1 amide bonds. The first-order valence-electron chi connectivity index (χ1n) is 4.62. The summed E-state index contributed by atoms with van der Waals surface area (Å²) in [4.78, 5) is 15.6. The highest BCUT2D eigenvalue weighted by atomic mass is 35.5. The molecule has 0 bridgehead atoms. The summed E-state index contributed by atoms with van der Waals surface area (Å²) in [5.41, 5.74) is 0. The molecule has 6 nitrogen and oxygen atoms in total. The number of sulfonamides is 1. The van der Waals surface area contributed by atoms with Crippen LogP contribution in [0, 0.1) is 0 Å². The molecule has 0 fully saturated rings. The Morgan fingerprint density at radius 1 is 1.33 bits per heavy atom. The lowest BCUT2D eigenvalue weighted by Gasteiger charge is -2.23. The van der Waals surface area contributed by atoms with Crippen molar-refractivity contribution in [3.63, 3.8) is 0 Å². The molecule has 0 aliphatic rings. The molecule has 0 N–H and O–H groups in total. The van der Waals surface area contributed by atoms with Crippen molar-refractivity contribution in [3.05, 3.63) is 29.3 Å². The van der Waals surface area contributed by atoms with Crippen molar-refractivity contribution < 1.29 is 22.1 Å². The second-order valence-corrected chi connectivity index (χ2v) is 6.55. The molecule has 0 saturated carbocycles. The van der Waals surface area contributed by atoms with Gasteiger partial charge >= 0.3 is 16.1 Å². The van der Waals surface area contributed by atoms with E-state index in [2.05, 4.69) is 21.6 Å². The van der Waals surface area contributed by atoms with Gasteiger partial charge in [-0.25, -0.2) is 9.63 Å². The number of amides is 1. The maximum absolute atomic E-state index is 12.2. The molecule has 0 saturated heterocycles. The average molecular weight is 310 g/mol. The van der Waals surface area contributed by atoms with E-state index >= 15 is 0 Å². The number of carbonyl (C=O) groups is 1. The molecular formula is C9H10ClN2O4S2+. The third kappa shape index (κ3) is 3.02. The van der Waals surface area contributed by atoms with Gasteiger partial charge in [0.1, 0.15) is 19.0 Å². The molecule has 98 valence electrons. The van der Waals surface area contributed by atoms with E-state index in [-0.39, 0.29) is 4.90 Å². The highest BCUT2D eigenvalue weighted by molar-refractivity contribution is 7.85. The monoisotopic (exact) mass is 309 g/mol. The van der Waals surface area contributed by atoms with Crippen molar-refractivity contribution in [1.29, 1.82) is 0 Å². The van der Waals surface area contributed by atoms with Gasteiger partial charge in [-0.15, -0.1) is 0 Å². The van der Waals surface area contributed by atoms with Gasteiger partial charge in [-0.05, 0) is 28.3 Å². The van der Waals surface area contributed by atoms with E-state index in [1.54, 1.807) is 0 Å². The van der Waals surface area contributed by atoms with Gasteiger partial charge in [-0.1, -0.05) is 16.0 Å². The number of hydroxylamine groups is 2. The van der Waals surface area contributed by atoms with E-state index in [4.69, 9.17) is 11.6 Å². The Kier molecular flexibility index (Phi) is 4.38. The van der Waals surface area contributed by atoms with Crippen molar-refractivity contribution >= 4 is 40.1 Å². The number of quaternary nitrogens is 1. The molecule has 1 aromatic rings. The van der Waals surface area contributed by atoms with E-state index in [9.17, 15) is 13.2 Å². The van der Waals surface area contributed by atoms with Crippen molar-refractivity contribution in [2.45, 2.75) is 4.90 Å². The van der Waals surface area contributed by atoms with Crippen LogP contribution in [0.1, 0.15) is 0 Å². The number of rotatable bonds is 3. The number of halogens is 1. The standard InChI is InChI=1S/C9H10ClN2O4S2/c1-12(2,16-9(13)11-17)18(14,15)8-5-3-7(10)4-6-8/h3-6H,1-2H3/q+1. The third-order valence-corrected chi connectivity index (χ3v) is 4.56. The first-order chi connectivity index (χ1) is 8.20. The summed E-state index contributed by atoms with van der Waals surface area (Å²) < 4.78 is 26.2. The third-order valence-electron chi connectivity index (χ3n) is 2.06. The fourth-order valence-electron chi connectivity index (χ4n) is 1.11. The maximum atomic E-state index is 12.2. The number of hydrogen-bond acceptors (Lipinski definition) is 5. The topological polar surface area (TPSA) is 72.8 Å². The van der Waals surface area contributed by atoms with Crippen molar-refractivity contribution in [1.82, 2.24) is 0 Å². The van der Waals surface area contributed by atoms with E-state index in [1.807, 2.05) is 0 Å². The van der Waals surface area contributed by atoms with E-state index < -0.39 is 20.2 Å². The van der Waals surface area contributed by atoms with Gasteiger partial charge in [0.25, 0.3) is 0 Å². The molecule has 1 rings (SSSR count). The first-order valence-corrected chi connectivity index (χ1v) is 6.80. The average Bonchev–Trinajstić information content (AvgIpc) is 2.28. The molecule has 0 radical (unpaired) electrons. The van der Waals surface area contributed by atoms with Crippen LogP contribution in [0.15, 0.2) is 33.5 Å². The summed E-state index contributed by atoms with van der Waals surface area (Å²) in [7, 11) is -1.57. The van der Waals surface area contributed by atoms with Gasteiger partial charge in [-0.2, -0.15) is 8.42 Å². The lowest BCUT2D eigenvalue weighted by atomic mass is 10.4. The minimum absolute atomic E-state index is 0.0333. The van der Waals surface area contributed by atoms with Crippen LogP contribution in [-0.2, 0) is 27.3 Å². The van der Waals surface area contributed by atoms with Gasteiger partial charge in [0.15, 0.2) is 0 Å². The van der Waals surface area contributed by atoms with Crippen LogP contribution in [0.5, 0.6) is 0 Å². The van der Waals surface area contributed by atoms with Crippen molar-refractivity contribution in [2.24, 2.45) is 4.36 Å². The predicted octanol–water partition coefficient (Wildman–Crippen LogP) is 1.89. The fraction of sp³-hybridized carbons (Fsp3) is 0.222. The zero-order valence-corrected chi connectivity index (χ0v) is 11.9. The summed E-state index contributed by atoms with van der Waals surface area (Å²) in [5.74, 6) is 0. The maximum Gasteiger partial charge on any atom is 0.500 e. The van der Waals surface area contributed by atoms with Crippen LogP contribution in [0.3, 0.4) is 0 Å². The zero-order valence-electron chi connectivity index (χ0n) is 9.53. The van der Waals surface area contributed by atoms with Crippen LogP contribution in [0.25, 0.3) is 0 Å². The summed E-state index contributed by atoms with van der Waals surface area (Å²) >= 11 is 9.80. The molecule has 0 spiro atoms. The van der Waals surface area contributed by atoms with Gasteiger partial charge in [0.2, 0.25) is 0 Å². The van der Waals surface area contributed by atoms with Gasteiger partial charge in [0, 0.05) is 17.4 Å². The second-order valence-electron chi connectivity index (χ2n) is 3.63. The van der Waals surface area contributed by atoms with Crippen molar-refractivity contribution in [2.75, 3.05) is 14.1 Å². The molecule has 0 unspecified atom stereocenters. The molecule has 0 heterocycles. The van der Waals surface area contributed by atoms with Crippen LogP contribution in [0.2, 0.25) is 5.02 Å². The summed E-state index contributed by atoms with van der Waals surface area (Å²) in [6.07, 6.45) is -1.15. The molecule has 0 aliphatic carbocycles. The van der Waals surface area contributed by atoms with Crippen LogP contribution < -0.4 is 0 Å². The van der Waals surface area contributed by atoms with Crippen molar-refractivity contribution in [3.8, 4) is 0 Å². The number of carbonyl (C=O) groups excluding carboxylic acids is 1. The van der Waals surface area contributed by atoms with Crippen LogP contribution >= 0.6 is 11.6 Å². The molecule has 18 heavy (non-hydrogen) atoms. The molecule has 0 aromatic heterocycles. The second kappa shape index (κ2) is 5.27. The molecule has 9 heteroatoms. The highest BCUT2D eigenvalue weighted by Crippen LogP contribution is 2.22. The minimum Gasteiger partial charge on any atom is -0.233 e. The normalized spacial score (nSPS) is 11.9. The smallest absolute Gasteiger partial charge is 0.233 e. The molecule has 0 atom stereocenters. The fourth-order valence-corrected chi connectivity index (χ4v) is 2.42. The van der Waals surface area contributed by atoms with Gasteiger partial charge < -0.3 is 0 Å². The lowest BCUT2D eigenvalue weighted by Crippen LogP contribution is -2.46. The van der Waals surface area contributed by atoms with Crippen LogP contribution in [-0.4, -0.2) is 32.7 Å². The van der Waals surface area contributed by atoms with E-state index in [0.717, 1.165) is 0 Å². The molecule has 1 aromatic carbocycles. The zero-order chi connectivity index (χ0) is 14.0. The Balaban J connectivity index is 3.16. The number of nitrogens with zero attached hydrogens (tertiary/aromatic N) is 2. The summed E-state index contributed by atoms with van der Waals surface area (Å²) in [6.45, 7) is 0. The quantitative estimate of drug-likeness (QED) is 0.629. The molecular weight excluding hydrogens is 300 g/mol. The van der Waals surface area contributed by atoms with E-state index in [0.29, 0.717) is 5.02 Å². The van der Waals surface area contributed by atoms with Crippen LogP contribution in [0.4, 0.5) is 4.79 Å². The SMILES string of the molecule is C[N+](C)(OC(=O)N=S)S(=O)(=O)c1ccc(Cl)cc1. The summed E-state index contributed by atoms with van der Waals surface area (Å²) in [6, 6.07) is 5.48. The Bertz CT molecular complexity index is 569. The Morgan fingerprint density at radius 3 is 2.28 bits per heavy atom. The minimum atomic E-state index is -3.93. The molecule has 0 aliphatic heterocycles. The summed E-state index contributed by atoms with van der Waals surface area (Å²) in [5, 5.41) is 0.400. The number of benzene rings is 1. The lowest BCUT2D eigenvalue weighted by molar-refractivity contribution is -0.953. The Labute approximate surface area is 115 Å². The highest BCUT2D eigenvalue weighted by Gasteiger charge is 2.40. The largest absolute Gasteiger partial charge is 0.500 e. The Hall–Kier alpha value is -1.09. The van der Waals surface area contributed by atoms with E-state index in [1.165, 1.54) is 38.4 Å². The van der Waals surface area contributed by atoms with Gasteiger partial charge in [-0.3, -0.25) is 0 Å². The number of hydrogen-bond donors (Lipinski definition) is 0. The predicted molar refractivity (Wildman–Crippen MR) is 67.0 cm³/mol.